The Morgan fingerprint density at radius 2 is 2.00 bits per heavy atom. The van der Waals surface area contributed by atoms with Crippen LogP contribution >= 0.6 is 0 Å². The molecule has 8 nitrogen and oxygen atoms in total. The van der Waals surface area contributed by atoms with Gasteiger partial charge in [0.25, 0.3) is 0 Å². The number of aliphatic hydroxyl groups excluding tert-OH is 2. The number of ether oxygens (including phenoxy) is 1. The average molecular weight is 352 g/mol. The van der Waals surface area contributed by atoms with E-state index in [0.29, 0.717) is 27.9 Å². The summed E-state index contributed by atoms with van der Waals surface area (Å²) in [6.45, 7) is 3.59. The molecule has 4 N–H and O–H groups in total. The van der Waals surface area contributed by atoms with Crippen LogP contribution in [-0.4, -0.2) is 42.9 Å². The van der Waals surface area contributed by atoms with E-state index in [4.69, 9.17) is 10.5 Å². The number of hydrogen-bond acceptors (Lipinski definition) is 6. The zero-order valence-electron chi connectivity index (χ0n) is 13.6. The van der Waals surface area contributed by atoms with Crippen molar-refractivity contribution in [3.05, 3.63) is 60.8 Å². The maximum Gasteiger partial charge on any atom is 0.249 e. The van der Waals surface area contributed by atoms with Crippen LogP contribution in [0.3, 0.4) is 0 Å². The molecule has 4 rings (SSSR count). The molecule has 0 bridgehead atoms. The van der Waals surface area contributed by atoms with Crippen LogP contribution in [0.5, 0.6) is 0 Å². The summed E-state index contributed by atoms with van der Waals surface area (Å²) in [4.78, 5) is 20.3. The van der Waals surface area contributed by atoms with Gasteiger partial charge in [0.15, 0.2) is 0 Å². The summed E-state index contributed by atoms with van der Waals surface area (Å²) in [5.41, 5.74) is 7.43. The molecule has 1 amide bonds. The number of benzene rings is 1. The van der Waals surface area contributed by atoms with E-state index < -0.39 is 24.3 Å². The maximum absolute atomic E-state index is 11.7. The highest BCUT2D eigenvalue weighted by Crippen LogP contribution is 2.35. The van der Waals surface area contributed by atoms with Crippen molar-refractivity contribution in [1.29, 1.82) is 0 Å². The second-order valence-electron chi connectivity index (χ2n) is 6.00. The molecule has 1 aromatic carbocycles. The molecule has 1 aliphatic heterocycles. The van der Waals surface area contributed by atoms with Gasteiger partial charge in [-0.1, -0.05) is 24.8 Å². The third kappa shape index (κ3) is 2.35. The first kappa shape index (κ1) is 16.2. The molecular weight excluding hydrogens is 336 g/mol. The van der Waals surface area contributed by atoms with Gasteiger partial charge in [-0.25, -0.2) is 9.97 Å². The minimum atomic E-state index is -1.17. The second kappa shape index (κ2) is 5.94. The normalized spacial score (nSPS) is 22.5. The molecule has 0 saturated carbocycles. The molecule has 3 heterocycles. The Kier molecular flexibility index (Phi) is 3.71. The minimum absolute atomic E-state index is 0.0951. The zero-order chi connectivity index (χ0) is 18.4. The first-order valence-corrected chi connectivity index (χ1v) is 7.91. The SMILES string of the molecule is C=C1O[C@@H](n2ccc3c(-c4ccccc4C(N)=O)ncnc32)[C@H](O)[C@@H]1O. The molecule has 1 saturated heterocycles. The molecular formula is C18H16N4O4. The lowest BCUT2D eigenvalue weighted by Crippen LogP contribution is -2.27. The Hall–Kier alpha value is -3.23. The van der Waals surface area contributed by atoms with Crippen LogP contribution < -0.4 is 5.73 Å². The highest BCUT2D eigenvalue weighted by Gasteiger charge is 2.40. The van der Waals surface area contributed by atoms with Gasteiger partial charge in [0.1, 0.15) is 29.9 Å². The molecule has 3 aromatic rings. The van der Waals surface area contributed by atoms with E-state index in [1.54, 1.807) is 41.1 Å². The highest BCUT2D eigenvalue weighted by molar-refractivity contribution is 6.03. The number of carbonyl (C=O) groups excluding carboxylic acids is 1. The molecule has 1 aliphatic rings. The molecule has 0 aliphatic carbocycles. The fourth-order valence-electron chi connectivity index (χ4n) is 3.16. The van der Waals surface area contributed by atoms with Gasteiger partial charge < -0.3 is 20.7 Å². The van der Waals surface area contributed by atoms with Crippen LogP contribution in [0.1, 0.15) is 16.6 Å². The summed E-state index contributed by atoms with van der Waals surface area (Å²) in [6.07, 6.45) is -0.166. The number of fused-ring (bicyclic) bond motifs is 1. The molecule has 26 heavy (non-hydrogen) atoms. The highest BCUT2D eigenvalue weighted by atomic mass is 16.5. The van der Waals surface area contributed by atoms with Gasteiger partial charge >= 0.3 is 0 Å². The summed E-state index contributed by atoms with van der Waals surface area (Å²) in [5, 5.41) is 20.7. The van der Waals surface area contributed by atoms with E-state index in [1.807, 2.05) is 0 Å². The number of carbonyl (C=O) groups is 1. The van der Waals surface area contributed by atoms with Crippen molar-refractivity contribution in [3.8, 4) is 11.3 Å². The van der Waals surface area contributed by atoms with Crippen LogP contribution in [0, 0.1) is 0 Å². The first-order chi connectivity index (χ1) is 12.5. The zero-order valence-corrected chi connectivity index (χ0v) is 13.6. The predicted molar refractivity (Wildman–Crippen MR) is 92.8 cm³/mol. The summed E-state index contributed by atoms with van der Waals surface area (Å²) >= 11 is 0. The Balaban J connectivity index is 1.88. The van der Waals surface area contributed by atoms with Crippen LogP contribution in [0.2, 0.25) is 0 Å². The maximum atomic E-state index is 11.7. The predicted octanol–water partition coefficient (Wildman–Crippen LogP) is 0.961. The summed E-state index contributed by atoms with van der Waals surface area (Å²) < 4.78 is 7.08. The number of amides is 1. The van der Waals surface area contributed by atoms with Crippen LogP contribution in [0.4, 0.5) is 0 Å². The van der Waals surface area contributed by atoms with Crippen molar-refractivity contribution >= 4 is 16.9 Å². The Bertz CT molecular complexity index is 1030. The third-order valence-electron chi connectivity index (χ3n) is 4.45. The fraction of sp³-hybridized carbons (Fsp3) is 0.167. The minimum Gasteiger partial charge on any atom is -0.469 e. The lowest BCUT2D eigenvalue weighted by molar-refractivity contribution is -0.0115. The molecule has 0 spiro atoms. The van der Waals surface area contributed by atoms with Gasteiger partial charge in [0.05, 0.1) is 5.69 Å². The molecule has 2 aromatic heterocycles. The number of nitrogens with two attached hydrogens (primary N) is 1. The molecule has 8 heteroatoms. The van der Waals surface area contributed by atoms with E-state index in [0.717, 1.165) is 0 Å². The standard InChI is InChI=1S/C18H16N4O4/c1-9-14(23)15(24)18(26-9)22-7-6-12-13(20-8-21-17(12)22)10-4-2-3-5-11(10)16(19)25/h2-8,14-15,18,23-24H,1H2,(H2,19,25)/t14-,15-,18-/m1/s1. The summed E-state index contributed by atoms with van der Waals surface area (Å²) in [5.74, 6) is -0.460. The third-order valence-corrected chi connectivity index (χ3v) is 4.45. The van der Waals surface area contributed by atoms with Crippen molar-refractivity contribution in [2.24, 2.45) is 5.73 Å². The van der Waals surface area contributed by atoms with Crippen molar-refractivity contribution in [2.45, 2.75) is 18.4 Å². The van der Waals surface area contributed by atoms with Crippen LogP contribution in [-0.2, 0) is 4.74 Å². The quantitative estimate of drug-likeness (QED) is 0.645. The van der Waals surface area contributed by atoms with Crippen molar-refractivity contribution in [2.75, 3.05) is 0 Å². The molecule has 0 unspecified atom stereocenters. The largest absolute Gasteiger partial charge is 0.469 e. The van der Waals surface area contributed by atoms with Gasteiger partial charge in [0.2, 0.25) is 12.1 Å². The van der Waals surface area contributed by atoms with E-state index in [2.05, 4.69) is 16.5 Å². The van der Waals surface area contributed by atoms with Gasteiger partial charge in [-0.2, -0.15) is 0 Å². The molecule has 0 radical (unpaired) electrons. The van der Waals surface area contributed by atoms with Gasteiger partial charge in [-0.15, -0.1) is 0 Å². The monoisotopic (exact) mass is 352 g/mol. The average Bonchev–Trinajstić information content (AvgIpc) is 3.18. The van der Waals surface area contributed by atoms with Crippen LogP contribution in [0.15, 0.2) is 55.2 Å². The number of nitrogens with zero attached hydrogens (tertiary/aromatic N) is 3. The number of aromatic nitrogens is 3. The van der Waals surface area contributed by atoms with E-state index in [9.17, 15) is 15.0 Å². The summed E-state index contributed by atoms with van der Waals surface area (Å²) in [7, 11) is 0. The lowest BCUT2D eigenvalue weighted by Gasteiger charge is -2.17. The first-order valence-electron chi connectivity index (χ1n) is 7.91. The van der Waals surface area contributed by atoms with Gasteiger partial charge in [0, 0.05) is 22.7 Å². The van der Waals surface area contributed by atoms with Gasteiger partial charge in [-0.3, -0.25) is 9.36 Å². The fourth-order valence-corrected chi connectivity index (χ4v) is 3.16. The van der Waals surface area contributed by atoms with Crippen LogP contribution in [0.25, 0.3) is 22.3 Å². The Morgan fingerprint density at radius 3 is 2.69 bits per heavy atom. The smallest absolute Gasteiger partial charge is 0.249 e. The molecule has 1 fully saturated rings. The summed E-state index contributed by atoms with van der Waals surface area (Å²) in [6, 6.07) is 8.66. The number of hydrogen-bond donors (Lipinski definition) is 3. The Labute approximate surface area is 148 Å². The van der Waals surface area contributed by atoms with E-state index in [-0.39, 0.29) is 5.76 Å². The molecule has 3 atom stereocenters. The lowest BCUT2D eigenvalue weighted by atomic mass is 10.0. The van der Waals surface area contributed by atoms with E-state index in [1.165, 1.54) is 6.33 Å². The topological polar surface area (TPSA) is 123 Å². The van der Waals surface area contributed by atoms with Crippen molar-refractivity contribution in [1.82, 2.24) is 14.5 Å². The Morgan fingerprint density at radius 1 is 1.23 bits per heavy atom. The number of rotatable bonds is 3. The van der Waals surface area contributed by atoms with Crippen molar-refractivity contribution in [3.63, 3.8) is 0 Å². The molecule has 132 valence electrons. The number of primary amides is 1. The van der Waals surface area contributed by atoms with Gasteiger partial charge in [-0.05, 0) is 12.1 Å². The van der Waals surface area contributed by atoms with Crippen molar-refractivity contribution < 1.29 is 19.7 Å². The van der Waals surface area contributed by atoms with E-state index >= 15 is 0 Å². The second-order valence-corrected chi connectivity index (χ2v) is 6.00. The number of aliphatic hydroxyl groups is 2.